The molecule has 8 heteroatoms. The minimum Gasteiger partial charge on any atom is -0.493 e. The van der Waals surface area contributed by atoms with Crippen LogP contribution < -0.4 is 14.8 Å². The Morgan fingerprint density at radius 1 is 0.909 bits per heavy atom. The Balaban J connectivity index is 1.80. The second-order valence-corrected chi connectivity index (χ2v) is 9.41. The standard InChI is InChI=1S/C25H28N2O5S/c1-19(21-14-15-23(31-2)24(16-21)32-3)26-25(28)18-27(17-20-10-6-4-7-11-20)33(29,30)22-12-8-5-9-13-22/h4-16,19H,17-18H2,1-3H3,(H,26,28). The fraction of sp³-hybridized carbons (Fsp3) is 0.240. The van der Waals surface area contributed by atoms with Gasteiger partial charge >= 0.3 is 0 Å². The van der Waals surface area contributed by atoms with Crippen molar-refractivity contribution in [2.24, 2.45) is 0 Å². The Labute approximate surface area is 195 Å². The summed E-state index contributed by atoms with van der Waals surface area (Å²) in [5.41, 5.74) is 1.60. The van der Waals surface area contributed by atoms with E-state index in [0.29, 0.717) is 11.5 Å². The van der Waals surface area contributed by atoms with E-state index in [-0.39, 0.29) is 24.0 Å². The van der Waals surface area contributed by atoms with Crippen LogP contribution in [0.3, 0.4) is 0 Å². The molecule has 33 heavy (non-hydrogen) atoms. The number of amides is 1. The molecule has 0 heterocycles. The second-order valence-electron chi connectivity index (χ2n) is 7.48. The fourth-order valence-corrected chi connectivity index (χ4v) is 4.81. The topological polar surface area (TPSA) is 84.9 Å². The van der Waals surface area contributed by atoms with Crippen molar-refractivity contribution >= 4 is 15.9 Å². The molecule has 0 aromatic heterocycles. The van der Waals surface area contributed by atoms with Gasteiger partial charge in [-0.1, -0.05) is 54.6 Å². The number of sulfonamides is 1. The number of ether oxygens (including phenoxy) is 2. The lowest BCUT2D eigenvalue weighted by molar-refractivity contribution is -0.122. The SMILES string of the molecule is COc1ccc(C(C)NC(=O)CN(Cc2ccccc2)S(=O)(=O)c2ccccc2)cc1OC. The zero-order valence-corrected chi connectivity index (χ0v) is 19.7. The van der Waals surface area contributed by atoms with E-state index in [9.17, 15) is 13.2 Å². The summed E-state index contributed by atoms with van der Waals surface area (Å²) in [6, 6.07) is 22.3. The summed E-state index contributed by atoms with van der Waals surface area (Å²) < 4.78 is 38.4. The van der Waals surface area contributed by atoms with E-state index < -0.39 is 15.9 Å². The Morgan fingerprint density at radius 2 is 1.52 bits per heavy atom. The summed E-state index contributed by atoms with van der Waals surface area (Å²) in [7, 11) is -0.783. The number of carbonyl (C=O) groups excluding carboxylic acids is 1. The molecule has 0 spiro atoms. The van der Waals surface area contributed by atoms with Gasteiger partial charge in [0.15, 0.2) is 11.5 Å². The molecule has 0 aliphatic rings. The summed E-state index contributed by atoms with van der Waals surface area (Å²) in [5, 5.41) is 2.88. The maximum absolute atomic E-state index is 13.3. The van der Waals surface area contributed by atoms with Gasteiger partial charge in [-0.3, -0.25) is 4.79 Å². The third kappa shape index (κ3) is 6.12. The highest BCUT2D eigenvalue weighted by molar-refractivity contribution is 7.89. The van der Waals surface area contributed by atoms with Crippen molar-refractivity contribution in [1.29, 1.82) is 0 Å². The van der Waals surface area contributed by atoms with Gasteiger partial charge in [0, 0.05) is 6.54 Å². The zero-order valence-electron chi connectivity index (χ0n) is 18.9. The zero-order chi connectivity index (χ0) is 23.8. The number of benzene rings is 3. The smallest absolute Gasteiger partial charge is 0.243 e. The number of rotatable bonds is 10. The molecule has 0 aliphatic heterocycles. The average molecular weight is 469 g/mol. The average Bonchev–Trinajstić information content (AvgIpc) is 2.84. The second kappa shape index (κ2) is 11.0. The van der Waals surface area contributed by atoms with Gasteiger partial charge in [0.1, 0.15) is 0 Å². The van der Waals surface area contributed by atoms with Crippen molar-refractivity contribution < 1.29 is 22.7 Å². The minimum absolute atomic E-state index is 0.0796. The number of methoxy groups -OCH3 is 2. The highest BCUT2D eigenvalue weighted by Crippen LogP contribution is 2.30. The van der Waals surface area contributed by atoms with Gasteiger partial charge in [0.2, 0.25) is 15.9 Å². The Bertz CT molecular complexity index is 1170. The largest absolute Gasteiger partial charge is 0.493 e. The first kappa shape index (κ1) is 24.3. The highest BCUT2D eigenvalue weighted by atomic mass is 32.2. The van der Waals surface area contributed by atoms with Gasteiger partial charge in [0.05, 0.1) is 31.7 Å². The predicted octanol–water partition coefficient (Wildman–Crippen LogP) is 3.77. The normalized spacial score (nSPS) is 12.2. The molecule has 1 unspecified atom stereocenters. The van der Waals surface area contributed by atoms with Gasteiger partial charge < -0.3 is 14.8 Å². The first-order valence-corrected chi connectivity index (χ1v) is 11.9. The predicted molar refractivity (Wildman–Crippen MR) is 127 cm³/mol. The van der Waals surface area contributed by atoms with Crippen LogP contribution in [0.4, 0.5) is 0 Å². The number of hydrogen-bond acceptors (Lipinski definition) is 5. The molecule has 1 amide bonds. The molecule has 1 atom stereocenters. The lowest BCUT2D eigenvalue weighted by Gasteiger charge is -2.23. The number of carbonyl (C=O) groups is 1. The molecule has 0 aliphatic carbocycles. The van der Waals surface area contributed by atoms with E-state index in [2.05, 4.69) is 5.32 Å². The molecular formula is C25H28N2O5S. The van der Waals surface area contributed by atoms with Crippen LogP contribution in [0.1, 0.15) is 24.1 Å². The molecule has 3 rings (SSSR count). The molecule has 0 bridgehead atoms. The molecule has 0 fully saturated rings. The lowest BCUT2D eigenvalue weighted by Crippen LogP contribution is -2.41. The van der Waals surface area contributed by atoms with Gasteiger partial charge in [-0.2, -0.15) is 4.31 Å². The fourth-order valence-electron chi connectivity index (χ4n) is 3.41. The Kier molecular flexibility index (Phi) is 8.08. The van der Waals surface area contributed by atoms with Crippen molar-refractivity contribution in [1.82, 2.24) is 9.62 Å². The van der Waals surface area contributed by atoms with Crippen LogP contribution >= 0.6 is 0 Å². The molecule has 3 aromatic carbocycles. The molecule has 3 aromatic rings. The summed E-state index contributed by atoms with van der Waals surface area (Å²) in [5.74, 6) is 0.726. The lowest BCUT2D eigenvalue weighted by atomic mass is 10.1. The summed E-state index contributed by atoms with van der Waals surface area (Å²) in [4.78, 5) is 13.1. The van der Waals surface area contributed by atoms with Crippen LogP contribution in [-0.2, 0) is 21.4 Å². The third-order valence-electron chi connectivity index (χ3n) is 5.19. The summed E-state index contributed by atoms with van der Waals surface area (Å²) in [6.45, 7) is 1.59. The van der Waals surface area contributed by atoms with E-state index in [0.717, 1.165) is 11.1 Å². The molecule has 0 saturated heterocycles. The van der Waals surface area contributed by atoms with Crippen LogP contribution in [0.25, 0.3) is 0 Å². The molecule has 1 N–H and O–H groups in total. The van der Waals surface area contributed by atoms with Crippen molar-refractivity contribution in [2.75, 3.05) is 20.8 Å². The number of hydrogen-bond donors (Lipinski definition) is 1. The quantitative estimate of drug-likeness (QED) is 0.490. The van der Waals surface area contributed by atoms with Crippen molar-refractivity contribution in [2.45, 2.75) is 24.4 Å². The van der Waals surface area contributed by atoms with Crippen LogP contribution in [0.15, 0.2) is 83.8 Å². The van der Waals surface area contributed by atoms with E-state index >= 15 is 0 Å². The first-order valence-electron chi connectivity index (χ1n) is 10.5. The monoisotopic (exact) mass is 468 g/mol. The highest BCUT2D eigenvalue weighted by Gasteiger charge is 2.27. The van der Waals surface area contributed by atoms with Crippen molar-refractivity contribution in [3.63, 3.8) is 0 Å². The molecule has 0 radical (unpaired) electrons. The summed E-state index contributed by atoms with van der Waals surface area (Å²) >= 11 is 0. The Morgan fingerprint density at radius 3 is 2.12 bits per heavy atom. The maximum atomic E-state index is 13.3. The Hall–Kier alpha value is -3.36. The number of nitrogens with one attached hydrogen (secondary N) is 1. The minimum atomic E-state index is -3.88. The van der Waals surface area contributed by atoms with Crippen LogP contribution in [0.5, 0.6) is 11.5 Å². The van der Waals surface area contributed by atoms with Gasteiger partial charge in [-0.05, 0) is 42.3 Å². The van der Waals surface area contributed by atoms with Gasteiger partial charge in [-0.25, -0.2) is 8.42 Å². The molecule has 7 nitrogen and oxygen atoms in total. The molecule has 0 saturated carbocycles. The van der Waals surface area contributed by atoms with E-state index in [4.69, 9.17) is 9.47 Å². The maximum Gasteiger partial charge on any atom is 0.243 e. The van der Waals surface area contributed by atoms with Crippen LogP contribution in [-0.4, -0.2) is 39.4 Å². The van der Waals surface area contributed by atoms with Crippen molar-refractivity contribution in [3.8, 4) is 11.5 Å². The first-order chi connectivity index (χ1) is 15.8. The van der Waals surface area contributed by atoms with Gasteiger partial charge in [-0.15, -0.1) is 0 Å². The summed E-state index contributed by atoms with van der Waals surface area (Å²) in [6.07, 6.45) is 0. The third-order valence-corrected chi connectivity index (χ3v) is 6.99. The molecule has 174 valence electrons. The van der Waals surface area contributed by atoms with Crippen LogP contribution in [0.2, 0.25) is 0 Å². The molecular weight excluding hydrogens is 440 g/mol. The number of nitrogens with zero attached hydrogens (tertiary/aromatic N) is 1. The van der Waals surface area contributed by atoms with Crippen LogP contribution in [0, 0.1) is 0 Å². The van der Waals surface area contributed by atoms with E-state index in [1.54, 1.807) is 44.6 Å². The van der Waals surface area contributed by atoms with E-state index in [1.165, 1.54) is 16.4 Å². The van der Waals surface area contributed by atoms with E-state index in [1.807, 2.05) is 43.3 Å². The van der Waals surface area contributed by atoms with Gasteiger partial charge in [0.25, 0.3) is 0 Å². The van der Waals surface area contributed by atoms with Crippen molar-refractivity contribution in [3.05, 3.63) is 90.0 Å².